The van der Waals surface area contributed by atoms with Crippen LogP contribution < -0.4 is 4.74 Å². The minimum absolute atomic E-state index is 0.634. The Kier molecular flexibility index (Phi) is 3.76. The number of aliphatic imine (C=N–C) groups is 1. The fourth-order valence-corrected chi connectivity index (χ4v) is 1.65. The third kappa shape index (κ3) is 3.31. The largest absolute Gasteiger partial charge is 0.497 e. The number of nitrogens with zero attached hydrogens (tertiary/aromatic N) is 1. The molecule has 0 amide bonds. The van der Waals surface area contributed by atoms with E-state index >= 15 is 0 Å². The Bertz CT molecular complexity index is 454. The van der Waals surface area contributed by atoms with Crippen molar-refractivity contribution >= 4 is 6.21 Å². The van der Waals surface area contributed by atoms with Gasteiger partial charge in [-0.25, -0.2) is 0 Å². The number of ether oxygens (including phenoxy) is 1. The molecule has 0 spiro atoms. The highest BCUT2D eigenvalue weighted by atomic mass is 16.5. The van der Waals surface area contributed by atoms with Crippen LogP contribution in [0.1, 0.15) is 18.9 Å². The quantitative estimate of drug-likeness (QED) is 0.723. The second kappa shape index (κ2) is 5.48. The third-order valence-corrected chi connectivity index (χ3v) is 2.77. The molecule has 2 rings (SSSR count). The lowest BCUT2D eigenvalue weighted by Crippen LogP contribution is -1.93. The number of hydrogen-bond donors (Lipinski definition) is 0. The van der Waals surface area contributed by atoms with E-state index in [0.717, 1.165) is 23.4 Å². The number of rotatable bonds is 3. The molecule has 1 unspecified atom stereocenters. The molecular weight excluding hydrogens is 210 g/mol. The highest BCUT2D eigenvalue weighted by Crippen LogP contribution is 2.16. The average molecular weight is 227 g/mol. The van der Waals surface area contributed by atoms with Crippen molar-refractivity contribution in [1.82, 2.24) is 0 Å². The first-order valence-electron chi connectivity index (χ1n) is 5.84. The van der Waals surface area contributed by atoms with Crippen molar-refractivity contribution in [2.24, 2.45) is 10.9 Å². The Hall–Kier alpha value is -1.83. The first-order chi connectivity index (χ1) is 8.28. The second-order valence-electron chi connectivity index (χ2n) is 4.23. The molecule has 1 aliphatic carbocycles. The standard InChI is InChI=1S/C15H17NO/c1-12-3-7-14(8-4-12)16-11-13-5-9-15(17-2)10-6-13/h3,5-12H,4H2,1-2H3. The molecular formula is C15H17NO. The minimum atomic E-state index is 0.634. The van der Waals surface area contributed by atoms with Crippen LogP contribution in [0.25, 0.3) is 0 Å². The average Bonchev–Trinajstić information content (AvgIpc) is 2.39. The van der Waals surface area contributed by atoms with E-state index in [1.165, 1.54) is 0 Å². The Morgan fingerprint density at radius 1 is 1.29 bits per heavy atom. The molecule has 0 radical (unpaired) electrons. The van der Waals surface area contributed by atoms with Crippen LogP contribution in [-0.4, -0.2) is 13.3 Å². The predicted molar refractivity (Wildman–Crippen MR) is 71.6 cm³/mol. The molecule has 1 atom stereocenters. The van der Waals surface area contributed by atoms with Crippen LogP contribution in [0, 0.1) is 5.92 Å². The molecule has 0 saturated heterocycles. The number of allylic oxidation sites excluding steroid dienone is 3. The first-order valence-corrected chi connectivity index (χ1v) is 5.84. The van der Waals surface area contributed by atoms with Gasteiger partial charge >= 0.3 is 0 Å². The lowest BCUT2D eigenvalue weighted by Gasteiger charge is -2.07. The van der Waals surface area contributed by atoms with Gasteiger partial charge in [0.05, 0.1) is 12.8 Å². The molecule has 0 saturated carbocycles. The molecule has 0 aromatic heterocycles. The molecule has 0 N–H and O–H groups in total. The van der Waals surface area contributed by atoms with E-state index in [1.807, 2.05) is 30.5 Å². The summed E-state index contributed by atoms with van der Waals surface area (Å²) >= 11 is 0. The summed E-state index contributed by atoms with van der Waals surface area (Å²) in [7, 11) is 1.67. The molecule has 88 valence electrons. The van der Waals surface area contributed by atoms with Crippen LogP contribution in [-0.2, 0) is 0 Å². The van der Waals surface area contributed by atoms with Gasteiger partial charge in [-0.2, -0.15) is 0 Å². The summed E-state index contributed by atoms with van der Waals surface area (Å²) in [4.78, 5) is 4.45. The monoisotopic (exact) mass is 227 g/mol. The van der Waals surface area contributed by atoms with Crippen molar-refractivity contribution in [3.8, 4) is 5.75 Å². The molecule has 2 nitrogen and oxygen atoms in total. The third-order valence-electron chi connectivity index (χ3n) is 2.77. The van der Waals surface area contributed by atoms with Gasteiger partial charge in [0, 0.05) is 6.21 Å². The van der Waals surface area contributed by atoms with Gasteiger partial charge < -0.3 is 4.74 Å². The summed E-state index contributed by atoms with van der Waals surface area (Å²) in [5, 5.41) is 0. The highest BCUT2D eigenvalue weighted by molar-refractivity contribution is 5.80. The molecule has 0 aliphatic heterocycles. The Morgan fingerprint density at radius 2 is 2.06 bits per heavy atom. The van der Waals surface area contributed by atoms with Crippen LogP contribution in [0.3, 0.4) is 0 Å². The summed E-state index contributed by atoms with van der Waals surface area (Å²) in [5.74, 6) is 1.50. The normalized spacial score (nSPS) is 19.4. The summed E-state index contributed by atoms with van der Waals surface area (Å²) in [6.07, 6.45) is 9.40. The number of benzene rings is 1. The lowest BCUT2D eigenvalue weighted by molar-refractivity contribution is 0.415. The molecule has 0 bridgehead atoms. The Balaban J connectivity index is 2.03. The first kappa shape index (κ1) is 11.6. The van der Waals surface area contributed by atoms with Crippen molar-refractivity contribution in [3.05, 3.63) is 53.8 Å². The number of methoxy groups -OCH3 is 1. The van der Waals surface area contributed by atoms with Crippen LogP contribution in [0.5, 0.6) is 5.75 Å². The van der Waals surface area contributed by atoms with E-state index in [4.69, 9.17) is 4.74 Å². The molecule has 1 aromatic carbocycles. The Morgan fingerprint density at radius 3 is 2.65 bits per heavy atom. The van der Waals surface area contributed by atoms with Crippen LogP contribution in [0.15, 0.2) is 53.2 Å². The van der Waals surface area contributed by atoms with Crippen molar-refractivity contribution in [2.75, 3.05) is 7.11 Å². The van der Waals surface area contributed by atoms with Crippen LogP contribution >= 0.6 is 0 Å². The van der Waals surface area contributed by atoms with Gasteiger partial charge in [-0.3, -0.25) is 4.99 Å². The maximum Gasteiger partial charge on any atom is 0.118 e. The molecule has 17 heavy (non-hydrogen) atoms. The molecule has 2 heteroatoms. The second-order valence-corrected chi connectivity index (χ2v) is 4.23. The SMILES string of the molecule is COc1ccc(C=NC2=CCC(C)C=C2)cc1. The van der Waals surface area contributed by atoms with E-state index in [1.54, 1.807) is 7.11 Å². The van der Waals surface area contributed by atoms with Gasteiger partial charge in [-0.15, -0.1) is 0 Å². The zero-order chi connectivity index (χ0) is 12.1. The van der Waals surface area contributed by atoms with E-state index in [-0.39, 0.29) is 0 Å². The topological polar surface area (TPSA) is 21.6 Å². The Labute approximate surface area is 102 Å². The molecule has 0 fully saturated rings. The van der Waals surface area contributed by atoms with E-state index in [2.05, 4.69) is 30.1 Å². The van der Waals surface area contributed by atoms with Gasteiger partial charge in [0.1, 0.15) is 5.75 Å². The van der Waals surface area contributed by atoms with Crippen LogP contribution in [0.2, 0.25) is 0 Å². The van der Waals surface area contributed by atoms with Gasteiger partial charge in [0.2, 0.25) is 0 Å². The van der Waals surface area contributed by atoms with Crippen LogP contribution in [0.4, 0.5) is 0 Å². The smallest absolute Gasteiger partial charge is 0.118 e. The maximum atomic E-state index is 5.11. The van der Waals surface area contributed by atoms with Crippen molar-refractivity contribution in [1.29, 1.82) is 0 Å². The highest BCUT2D eigenvalue weighted by Gasteiger charge is 2.01. The van der Waals surface area contributed by atoms with E-state index in [0.29, 0.717) is 5.92 Å². The van der Waals surface area contributed by atoms with Gasteiger partial charge in [-0.1, -0.05) is 19.1 Å². The van der Waals surface area contributed by atoms with Crippen molar-refractivity contribution in [3.63, 3.8) is 0 Å². The molecule has 1 aromatic rings. The predicted octanol–water partition coefficient (Wildman–Crippen LogP) is 3.59. The maximum absolute atomic E-state index is 5.11. The minimum Gasteiger partial charge on any atom is -0.497 e. The number of hydrogen-bond acceptors (Lipinski definition) is 2. The lowest BCUT2D eigenvalue weighted by atomic mass is 10.0. The zero-order valence-corrected chi connectivity index (χ0v) is 10.3. The van der Waals surface area contributed by atoms with Crippen molar-refractivity contribution in [2.45, 2.75) is 13.3 Å². The van der Waals surface area contributed by atoms with Gasteiger partial charge in [-0.05, 0) is 48.2 Å². The fraction of sp³-hybridized carbons (Fsp3) is 0.267. The van der Waals surface area contributed by atoms with Gasteiger partial charge in [0.15, 0.2) is 0 Å². The van der Waals surface area contributed by atoms with Crippen molar-refractivity contribution < 1.29 is 4.74 Å². The summed E-state index contributed by atoms with van der Waals surface area (Å²) < 4.78 is 5.11. The van der Waals surface area contributed by atoms with E-state index in [9.17, 15) is 0 Å². The molecule has 1 aliphatic rings. The summed E-state index contributed by atoms with van der Waals surface area (Å²) in [5.41, 5.74) is 2.12. The summed E-state index contributed by atoms with van der Waals surface area (Å²) in [6.45, 7) is 2.21. The zero-order valence-electron chi connectivity index (χ0n) is 10.3. The van der Waals surface area contributed by atoms with E-state index < -0.39 is 0 Å². The van der Waals surface area contributed by atoms with Gasteiger partial charge in [0.25, 0.3) is 0 Å². The summed E-state index contributed by atoms with van der Waals surface area (Å²) in [6, 6.07) is 7.87. The molecule has 0 heterocycles. The fourth-order valence-electron chi connectivity index (χ4n) is 1.65.